The summed E-state index contributed by atoms with van der Waals surface area (Å²) in [6, 6.07) is 6.72. The van der Waals surface area contributed by atoms with Crippen molar-refractivity contribution in [2.45, 2.75) is 60.6 Å². The van der Waals surface area contributed by atoms with Crippen LogP contribution in [0.2, 0.25) is 5.02 Å². The molecule has 1 aromatic rings. The maximum atomic E-state index is 13.2. The van der Waals surface area contributed by atoms with Crippen LogP contribution in [0.5, 0.6) is 0 Å². The summed E-state index contributed by atoms with van der Waals surface area (Å²) in [4.78, 5) is 38.8. The summed E-state index contributed by atoms with van der Waals surface area (Å²) in [6.45, 7) is 2.79. The number of likely N-dealkylation sites (tertiary alicyclic amines) is 1. The van der Waals surface area contributed by atoms with Crippen LogP contribution >= 0.6 is 11.6 Å². The molecule has 41 heavy (non-hydrogen) atoms. The van der Waals surface area contributed by atoms with Gasteiger partial charge in [-0.3, -0.25) is 9.59 Å². The van der Waals surface area contributed by atoms with Gasteiger partial charge in [0, 0.05) is 44.7 Å². The lowest BCUT2D eigenvalue weighted by molar-refractivity contribution is -0.169. The molecule has 15 heteroatoms. The fraction of sp³-hybridized carbons (Fsp3) is 0.615. The summed E-state index contributed by atoms with van der Waals surface area (Å²) in [5.74, 6) is -3.75. The molecule has 0 radical (unpaired) electrons. The van der Waals surface area contributed by atoms with E-state index in [-0.39, 0.29) is 28.2 Å². The van der Waals surface area contributed by atoms with Gasteiger partial charge in [0.1, 0.15) is 5.54 Å². The zero-order valence-corrected chi connectivity index (χ0v) is 24.1. The van der Waals surface area contributed by atoms with Gasteiger partial charge in [-0.15, -0.1) is 0 Å². The third kappa shape index (κ3) is 7.01. The molecule has 2 saturated carbocycles. The highest BCUT2D eigenvalue weighted by Gasteiger charge is 2.49. The van der Waals surface area contributed by atoms with Crippen molar-refractivity contribution in [1.82, 2.24) is 15.1 Å². The van der Waals surface area contributed by atoms with Crippen molar-refractivity contribution in [2.24, 2.45) is 5.92 Å². The third-order valence-electron chi connectivity index (χ3n) is 7.95. The molecule has 0 unspecified atom stereocenters. The quantitative estimate of drug-likeness (QED) is 0.513. The van der Waals surface area contributed by atoms with Crippen molar-refractivity contribution < 1.29 is 36.7 Å². The molecule has 4 fully saturated rings. The Morgan fingerprint density at radius 3 is 2.20 bits per heavy atom. The number of nitriles is 1. The van der Waals surface area contributed by atoms with E-state index in [1.54, 1.807) is 17.0 Å². The molecule has 2 heterocycles. The number of anilines is 1. The summed E-state index contributed by atoms with van der Waals surface area (Å²) in [5.41, 5.74) is 0.0570. The Labute approximate surface area is 241 Å². The first-order valence-electron chi connectivity index (χ1n) is 13.3. The van der Waals surface area contributed by atoms with Gasteiger partial charge in [0.25, 0.3) is 5.92 Å². The van der Waals surface area contributed by atoms with E-state index < -0.39 is 51.6 Å². The van der Waals surface area contributed by atoms with Gasteiger partial charge in [-0.25, -0.2) is 22.0 Å². The molecule has 2 atom stereocenters. The Morgan fingerprint density at radius 2 is 1.73 bits per heavy atom. The number of hydrogen-bond acceptors (Lipinski definition) is 7. The van der Waals surface area contributed by atoms with Crippen molar-refractivity contribution in [2.75, 3.05) is 44.2 Å². The van der Waals surface area contributed by atoms with Crippen molar-refractivity contribution in [1.29, 1.82) is 5.26 Å². The minimum atomic E-state index is -3.76. The van der Waals surface area contributed by atoms with Crippen LogP contribution in [0.1, 0.15) is 39.0 Å². The van der Waals surface area contributed by atoms with E-state index in [0.29, 0.717) is 51.9 Å². The highest BCUT2D eigenvalue weighted by atomic mass is 35.5. The lowest BCUT2D eigenvalue weighted by atomic mass is 10.0. The first-order valence-corrected chi connectivity index (χ1v) is 15.2. The van der Waals surface area contributed by atoms with E-state index in [9.17, 15) is 31.6 Å². The Balaban J connectivity index is 0.000000367. The second-order valence-electron chi connectivity index (χ2n) is 11.0. The zero-order valence-electron chi connectivity index (χ0n) is 22.5. The number of halogens is 3. The van der Waals surface area contributed by atoms with Crippen molar-refractivity contribution in [3.05, 3.63) is 23.2 Å². The van der Waals surface area contributed by atoms with Gasteiger partial charge in [0.2, 0.25) is 11.8 Å². The molecule has 224 valence electrons. The van der Waals surface area contributed by atoms with Gasteiger partial charge >= 0.3 is 6.09 Å². The molecule has 11 nitrogen and oxygen atoms in total. The average molecular weight is 616 g/mol. The number of rotatable bonds is 5. The van der Waals surface area contributed by atoms with Crippen LogP contribution in [0.4, 0.5) is 19.3 Å². The zero-order chi connectivity index (χ0) is 30.2. The van der Waals surface area contributed by atoms with Crippen LogP contribution in [-0.4, -0.2) is 97.2 Å². The highest BCUT2D eigenvalue weighted by Crippen LogP contribution is 2.39. The van der Waals surface area contributed by atoms with Gasteiger partial charge in [0.15, 0.2) is 9.84 Å². The predicted molar refractivity (Wildman–Crippen MR) is 144 cm³/mol. The van der Waals surface area contributed by atoms with Crippen LogP contribution in [-0.2, 0) is 19.4 Å². The first kappa shape index (κ1) is 30.8. The second-order valence-corrected chi connectivity index (χ2v) is 13.6. The number of carbonyl (C=O) groups excluding carboxylic acids is 2. The fourth-order valence-electron chi connectivity index (χ4n) is 5.34. The smallest absolute Gasteiger partial charge is 0.405 e. The van der Waals surface area contributed by atoms with Crippen LogP contribution in [0.15, 0.2) is 23.1 Å². The summed E-state index contributed by atoms with van der Waals surface area (Å²) < 4.78 is 52.5. The number of nitrogens with zero attached hydrogens (tertiary/aromatic N) is 4. The van der Waals surface area contributed by atoms with Crippen LogP contribution in [0.3, 0.4) is 0 Å². The number of carboxylic acid groups (broad SMARTS) is 1. The van der Waals surface area contributed by atoms with Gasteiger partial charge in [-0.05, 0) is 50.3 Å². The third-order valence-corrected chi connectivity index (χ3v) is 10.7. The molecule has 0 spiro atoms. The first-order chi connectivity index (χ1) is 19.2. The van der Waals surface area contributed by atoms with Gasteiger partial charge in [-0.1, -0.05) is 11.6 Å². The van der Waals surface area contributed by atoms with Crippen LogP contribution < -0.4 is 10.2 Å². The molecule has 2 saturated heterocycles. The number of alkyl halides is 2. The molecule has 2 N–H and O–H groups in total. The maximum Gasteiger partial charge on any atom is 0.405 e. The van der Waals surface area contributed by atoms with Crippen LogP contribution in [0, 0.1) is 17.2 Å². The molecular weight excluding hydrogens is 584 g/mol. The number of piperazine rings is 1. The molecule has 0 aromatic heterocycles. The number of nitrogens with one attached hydrogen (secondary N) is 1. The SMILES string of the molecule is CC(=O)N1CCN(c2ccc(S(=O)(=O)[C@@H]3CC[C@@H](C(=O)N4CC(F)(F)C4)C3)c(Cl)c2)CC1.N#CC1(NC(=O)O)CC1. The molecular formula is C26H32ClF2N5O6S. The number of amides is 3. The van der Waals surface area contributed by atoms with Crippen molar-refractivity contribution >= 4 is 45.0 Å². The molecule has 2 aliphatic carbocycles. The predicted octanol–water partition coefficient (Wildman–Crippen LogP) is 2.74. The number of hydrogen-bond donors (Lipinski definition) is 2. The summed E-state index contributed by atoms with van der Waals surface area (Å²) in [5, 5.41) is 18.0. The maximum absolute atomic E-state index is 13.2. The van der Waals surface area contributed by atoms with Gasteiger partial charge in [-0.2, -0.15) is 5.26 Å². The molecule has 2 aliphatic heterocycles. The monoisotopic (exact) mass is 615 g/mol. The standard InChI is InChI=1S/C21H26ClF2N3O4S.C5H6N2O2/c1-14(28)25-6-8-26(9-7-25)16-3-5-19(18(22)11-16)32(30,31)17-4-2-15(10-17)20(29)27-12-21(23,24)13-27;6-3-5(1-2-5)7-4(8)9/h3,5,11,15,17H,2,4,6-10,12-13H2,1H3;7H,1-2H2,(H,8,9)/t15-,17-;/m1./s1. The fourth-order valence-corrected chi connectivity index (χ4v) is 7.72. The largest absolute Gasteiger partial charge is 0.465 e. The average Bonchev–Trinajstić information content (AvgIpc) is 3.47. The van der Waals surface area contributed by atoms with Gasteiger partial charge in [0.05, 0.1) is 34.3 Å². The second kappa shape index (κ2) is 11.6. The molecule has 3 amide bonds. The molecule has 0 bridgehead atoms. The Hall–Kier alpha value is -3.18. The van der Waals surface area contributed by atoms with E-state index in [1.165, 1.54) is 13.0 Å². The number of sulfone groups is 1. The van der Waals surface area contributed by atoms with E-state index in [4.69, 9.17) is 22.0 Å². The molecule has 5 rings (SSSR count). The normalized spacial score (nSPS) is 24.3. The number of carbonyl (C=O) groups is 3. The lowest BCUT2D eigenvalue weighted by Gasteiger charge is -2.40. The molecule has 4 aliphatic rings. The Bertz CT molecular complexity index is 1350. The minimum Gasteiger partial charge on any atom is -0.465 e. The van der Waals surface area contributed by atoms with Crippen molar-refractivity contribution in [3.63, 3.8) is 0 Å². The van der Waals surface area contributed by atoms with E-state index in [1.807, 2.05) is 6.07 Å². The lowest BCUT2D eigenvalue weighted by Crippen LogP contribution is -2.59. The molecule has 1 aromatic carbocycles. The van der Waals surface area contributed by atoms with E-state index in [2.05, 4.69) is 10.2 Å². The van der Waals surface area contributed by atoms with E-state index >= 15 is 0 Å². The summed E-state index contributed by atoms with van der Waals surface area (Å²) >= 11 is 6.37. The Kier molecular flexibility index (Phi) is 8.71. The van der Waals surface area contributed by atoms with Gasteiger partial charge < -0.3 is 25.1 Å². The summed E-state index contributed by atoms with van der Waals surface area (Å²) in [6.07, 6.45) is 0.962. The topological polar surface area (TPSA) is 151 Å². The highest BCUT2D eigenvalue weighted by molar-refractivity contribution is 7.92. The minimum absolute atomic E-state index is 0.0267. The van der Waals surface area contributed by atoms with Crippen LogP contribution in [0.25, 0.3) is 0 Å². The number of benzene rings is 1. The van der Waals surface area contributed by atoms with Crippen molar-refractivity contribution in [3.8, 4) is 6.07 Å². The Morgan fingerprint density at radius 1 is 1.10 bits per heavy atom. The summed E-state index contributed by atoms with van der Waals surface area (Å²) in [7, 11) is -3.76. The van der Waals surface area contributed by atoms with E-state index in [0.717, 1.165) is 10.6 Å².